The van der Waals surface area contributed by atoms with Crippen molar-refractivity contribution >= 4 is 29.6 Å². The van der Waals surface area contributed by atoms with Gasteiger partial charge in [-0.15, -0.1) is 0 Å². The van der Waals surface area contributed by atoms with Crippen molar-refractivity contribution in [2.24, 2.45) is 29.4 Å². The molecule has 0 saturated carbocycles. The first-order chi connectivity index (χ1) is 24.4. The Kier molecular flexibility index (Phi) is 17.7. The lowest BCUT2D eigenvalue weighted by Gasteiger charge is -2.41. The minimum absolute atomic E-state index is 0.0268. The number of carboxylic acid groups (broad SMARTS) is 1. The number of nitrogens with one attached hydrogen (secondary N) is 1. The van der Waals surface area contributed by atoms with Gasteiger partial charge in [-0.1, -0.05) is 67.0 Å². The number of rotatable bonds is 21. The summed E-state index contributed by atoms with van der Waals surface area (Å²) in [5.41, 5.74) is 6.77. The third-order valence-electron chi connectivity index (χ3n) is 10.9. The minimum atomic E-state index is -0.980. The maximum atomic E-state index is 14.4. The van der Waals surface area contributed by atoms with Gasteiger partial charge in [0.15, 0.2) is 0 Å². The molecule has 1 aromatic carbocycles. The highest BCUT2D eigenvalue weighted by Crippen LogP contribution is 2.29. The Bertz CT molecular complexity index is 1340. The average Bonchev–Trinajstić information content (AvgIpc) is 3.58. The van der Waals surface area contributed by atoms with Crippen LogP contribution in [0.2, 0.25) is 0 Å². The normalized spacial score (nSPS) is 18.8. The average molecular weight is 732 g/mol. The zero-order chi connectivity index (χ0) is 39.4. The molecule has 0 spiro atoms. The van der Waals surface area contributed by atoms with E-state index in [0.29, 0.717) is 25.9 Å². The van der Waals surface area contributed by atoms with Gasteiger partial charge in [0.2, 0.25) is 23.6 Å². The Morgan fingerprint density at radius 1 is 0.981 bits per heavy atom. The van der Waals surface area contributed by atoms with Crippen molar-refractivity contribution in [2.75, 3.05) is 41.4 Å². The molecule has 294 valence electrons. The summed E-state index contributed by atoms with van der Waals surface area (Å²) in [7, 11) is 6.67. The fourth-order valence-electron chi connectivity index (χ4n) is 7.56. The molecule has 1 fully saturated rings. The van der Waals surface area contributed by atoms with Crippen molar-refractivity contribution in [3.8, 4) is 0 Å². The van der Waals surface area contributed by atoms with Crippen LogP contribution in [0.4, 0.5) is 0 Å². The number of ether oxygens (including phenoxy) is 2. The second kappa shape index (κ2) is 20.6. The van der Waals surface area contributed by atoms with Gasteiger partial charge in [0, 0.05) is 34.4 Å². The smallest absolute Gasteiger partial charge is 0.335 e. The lowest BCUT2D eigenvalue weighted by atomic mass is 9.89. The van der Waals surface area contributed by atoms with E-state index in [2.05, 4.69) is 5.32 Å². The van der Waals surface area contributed by atoms with E-state index in [0.717, 1.165) is 18.4 Å². The second-order valence-electron chi connectivity index (χ2n) is 15.1. The molecule has 0 aliphatic carbocycles. The Balaban J connectivity index is 2.26. The van der Waals surface area contributed by atoms with Crippen molar-refractivity contribution in [3.63, 3.8) is 0 Å². The molecule has 0 radical (unpaired) electrons. The zero-order valence-electron chi connectivity index (χ0n) is 33.3. The Labute approximate surface area is 310 Å². The van der Waals surface area contributed by atoms with Crippen molar-refractivity contribution in [1.29, 1.82) is 0 Å². The summed E-state index contributed by atoms with van der Waals surface area (Å²) in [5, 5.41) is 12.3. The van der Waals surface area contributed by atoms with Crippen LogP contribution in [0.1, 0.15) is 90.1 Å². The van der Waals surface area contributed by atoms with E-state index in [1.807, 2.05) is 53.5 Å². The fourth-order valence-corrected chi connectivity index (χ4v) is 7.56. The number of carboxylic acids is 1. The molecule has 13 nitrogen and oxygen atoms in total. The molecule has 52 heavy (non-hydrogen) atoms. The number of methoxy groups -OCH3 is 2. The van der Waals surface area contributed by atoms with Crippen molar-refractivity contribution in [3.05, 3.63) is 35.4 Å². The summed E-state index contributed by atoms with van der Waals surface area (Å²) >= 11 is 0. The molecule has 2 rings (SSSR count). The van der Waals surface area contributed by atoms with E-state index >= 15 is 0 Å². The molecule has 4 amide bonds. The van der Waals surface area contributed by atoms with E-state index in [-0.39, 0.29) is 53.5 Å². The molecule has 13 heteroatoms. The third-order valence-corrected chi connectivity index (χ3v) is 10.9. The number of hydrogen-bond donors (Lipinski definition) is 3. The fraction of sp³-hybridized carbons (Fsp3) is 0.718. The largest absolute Gasteiger partial charge is 0.478 e. The maximum absolute atomic E-state index is 14.4. The molecule has 1 aliphatic rings. The number of likely N-dealkylation sites (tertiary alicyclic amines) is 1. The van der Waals surface area contributed by atoms with E-state index in [9.17, 15) is 29.1 Å². The number of hydrogen-bond acceptors (Lipinski definition) is 8. The van der Waals surface area contributed by atoms with Gasteiger partial charge >= 0.3 is 5.97 Å². The van der Waals surface area contributed by atoms with Gasteiger partial charge in [0.25, 0.3) is 0 Å². The molecule has 8 atom stereocenters. The van der Waals surface area contributed by atoms with Gasteiger partial charge < -0.3 is 35.4 Å². The van der Waals surface area contributed by atoms with Crippen LogP contribution in [0.15, 0.2) is 24.3 Å². The first-order valence-corrected chi connectivity index (χ1v) is 18.6. The van der Waals surface area contributed by atoms with E-state index in [1.54, 1.807) is 55.1 Å². The molecule has 1 saturated heterocycles. The van der Waals surface area contributed by atoms with E-state index in [4.69, 9.17) is 15.2 Å². The summed E-state index contributed by atoms with van der Waals surface area (Å²) in [6.45, 7) is 14.6. The van der Waals surface area contributed by atoms with Crippen molar-refractivity contribution in [1.82, 2.24) is 20.0 Å². The first kappa shape index (κ1) is 44.6. The van der Waals surface area contributed by atoms with Crippen molar-refractivity contribution in [2.45, 2.75) is 117 Å². The number of likely N-dealkylation sites (N-methyl/N-ethyl adjacent to an activating group) is 2. The summed E-state index contributed by atoms with van der Waals surface area (Å²) in [6, 6.07) is 4.60. The Hall–Kier alpha value is -3.55. The molecule has 0 bridgehead atoms. The van der Waals surface area contributed by atoms with Crippen LogP contribution in [0.5, 0.6) is 0 Å². The lowest BCUT2D eigenvalue weighted by molar-refractivity contribution is -0.147. The second-order valence-corrected chi connectivity index (χ2v) is 15.1. The van der Waals surface area contributed by atoms with E-state index < -0.39 is 48.1 Å². The standard InChI is InChI=1S/C39H65N5O8/c1-12-25(6)34(30(51-10)22-31(45)44-20-13-14-29(44)35(52-11)26(7)36(40)46)43(9)38(48)32(23(2)3)41-37(47)33(24(4)5)42(8)21-19-27-15-17-28(18-16-27)39(49)50/h15-18,23-26,29-30,32-35H,12-14,19-22H2,1-11H3,(H2,40,46)(H,41,47)(H,49,50)/t25-,26+,29-,30+,32-,33?,34-,35+/m0/s1. The molecular formula is C39H65N5O8. The molecular weight excluding hydrogens is 666 g/mol. The summed E-state index contributed by atoms with van der Waals surface area (Å²) in [5.74, 6) is -3.03. The molecule has 0 aromatic heterocycles. The summed E-state index contributed by atoms with van der Waals surface area (Å²) < 4.78 is 11.7. The molecule has 1 unspecified atom stereocenters. The number of primary amides is 1. The Morgan fingerprint density at radius 2 is 1.60 bits per heavy atom. The van der Waals surface area contributed by atoms with Crippen LogP contribution in [-0.2, 0) is 35.1 Å². The van der Waals surface area contributed by atoms with Crippen LogP contribution in [0, 0.1) is 23.7 Å². The van der Waals surface area contributed by atoms with Gasteiger partial charge in [-0.25, -0.2) is 4.79 Å². The number of amides is 4. The minimum Gasteiger partial charge on any atom is -0.478 e. The molecule has 1 heterocycles. The van der Waals surface area contributed by atoms with Crippen LogP contribution in [-0.4, -0.2) is 127 Å². The number of nitrogens with zero attached hydrogens (tertiary/aromatic N) is 3. The summed E-state index contributed by atoms with van der Waals surface area (Å²) in [6.07, 6.45) is 1.67. The number of aromatic carboxylic acids is 1. The van der Waals surface area contributed by atoms with Crippen LogP contribution < -0.4 is 11.1 Å². The van der Waals surface area contributed by atoms with E-state index in [1.165, 1.54) is 7.11 Å². The summed E-state index contributed by atoms with van der Waals surface area (Å²) in [4.78, 5) is 70.8. The van der Waals surface area contributed by atoms with Crippen molar-refractivity contribution < 1.29 is 38.6 Å². The van der Waals surface area contributed by atoms with Gasteiger partial charge in [0.05, 0.1) is 48.2 Å². The third kappa shape index (κ3) is 11.5. The maximum Gasteiger partial charge on any atom is 0.335 e. The zero-order valence-corrected chi connectivity index (χ0v) is 33.3. The van der Waals surface area contributed by atoms with Crippen LogP contribution in [0.3, 0.4) is 0 Å². The van der Waals surface area contributed by atoms with Gasteiger partial charge in [-0.3, -0.25) is 24.1 Å². The highest BCUT2D eigenvalue weighted by Gasteiger charge is 2.43. The van der Waals surface area contributed by atoms with Gasteiger partial charge in [0.1, 0.15) is 6.04 Å². The topological polar surface area (TPSA) is 172 Å². The number of benzene rings is 1. The predicted octanol–water partition coefficient (Wildman–Crippen LogP) is 3.43. The number of carbonyl (C=O) groups excluding carboxylic acids is 4. The van der Waals surface area contributed by atoms with Gasteiger partial charge in [-0.05, 0) is 61.8 Å². The lowest BCUT2D eigenvalue weighted by Crippen LogP contribution is -2.60. The number of nitrogens with two attached hydrogens (primary N) is 1. The Morgan fingerprint density at radius 3 is 2.08 bits per heavy atom. The monoisotopic (exact) mass is 731 g/mol. The van der Waals surface area contributed by atoms with Crippen LogP contribution >= 0.6 is 0 Å². The first-order valence-electron chi connectivity index (χ1n) is 18.6. The molecule has 1 aromatic rings. The SMILES string of the molecule is CC[C@H](C)[C@@H]([C@@H](CC(=O)N1CCC[C@H]1[C@H](OC)[C@@H](C)C(N)=O)OC)N(C)C(=O)[C@@H](NC(=O)C(C(C)C)N(C)CCc1ccc(C(=O)O)cc1)C(C)C. The highest BCUT2D eigenvalue weighted by atomic mass is 16.5. The van der Waals surface area contributed by atoms with Gasteiger partial charge in [-0.2, -0.15) is 0 Å². The molecule has 1 aliphatic heterocycles. The van der Waals surface area contributed by atoms with Crippen LogP contribution in [0.25, 0.3) is 0 Å². The predicted molar refractivity (Wildman–Crippen MR) is 200 cm³/mol. The highest BCUT2D eigenvalue weighted by molar-refractivity contribution is 5.90. The quantitative estimate of drug-likeness (QED) is 0.171. The molecule has 4 N–H and O–H groups in total. The number of carbonyl (C=O) groups is 5.